The van der Waals surface area contributed by atoms with Gasteiger partial charge in [-0.15, -0.1) is 0 Å². The number of rotatable bonds is 6. The first-order valence-electron chi connectivity index (χ1n) is 9.54. The number of halogens is 2. The van der Waals surface area contributed by atoms with Crippen molar-refractivity contribution in [3.8, 4) is 0 Å². The lowest BCUT2D eigenvalue weighted by Gasteiger charge is -2.03. The topological polar surface area (TPSA) is 79.8 Å². The first-order valence-corrected chi connectivity index (χ1v) is 10.3. The maximum atomic E-state index is 11.2. The van der Waals surface area contributed by atoms with Gasteiger partial charge < -0.3 is 10.3 Å². The van der Waals surface area contributed by atoms with Gasteiger partial charge in [0.25, 0.3) is 0 Å². The Labute approximate surface area is 184 Å². The van der Waals surface area contributed by atoms with Crippen molar-refractivity contribution in [1.29, 1.82) is 0 Å². The van der Waals surface area contributed by atoms with Gasteiger partial charge in [-0.05, 0) is 41.8 Å². The van der Waals surface area contributed by atoms with E-state index in [4.69, 9.17) is 33.5 Å². The molecule has 3 atom stereocenters. The standard InChI is InChI=1S/C12H11ClN2O.C11H9ClO2/c13-11-7-5-10(6-8-11)3-1-2-4-12(16)9-15-14;12-7-3-1-6(2-4-7)9-8-5-14-11(13)10(8)9/h1,3,5-9H,2,4H2;1-4,8-10H,5H2/b3-1+;. The number of allylic oxidation sites excluding steroid dienone is 1. The molecule has 3 unspecified atom stereocenters. The molecule has 4 rings (SSSR count). The highest BCUT2D eigenvalue weighted by Gasteiger charge is 2.60. The van der Waals surface area contributed by atoms with Crippen LogP contribution in [-0.4, -0.2) is 29.4 Å². The van der Waals surface area contributed by atoms with Gasteiger partial charge in [0.15, 0.2) is 0 Å². The van der Waals surface area contributed by atoms with Gasteiger partial charge in [0.2, 0.25) is 5.78 Å². The number of fused-ring (bicyclic) bond motifs is 1. The average Bonchev–Trinajstić information content (AvgIpc) is 3.34. The Morgan fingerprint density at radius 2 is 1.70 bits per heavy atom. The first-order chi connectivity index (χ1) is 14.5. The summed E-state index contributed by atoms with van der Waals surface area (Å²) in [6.45, 7) is 0.594. The molecule has 2 aliphatic rings. The predicted octanol–water partition coefficient (Wildman–Crippen LogP) is 5.23. The second kappa shape index (κ2) is 10.4. The highest BCUT2D eigenvalue weighted by Crippen LogP contribution is 2.58. The summed E-state index contributed by atoms with van der Waals surface area (Å²) in [5.74, 6) is 0.701. The molecular formula is C23H20Cl2N2O3. The first kappa shape index (κ1) is 22.0. The van der Waals surface area contributed by atoms with Crippen LogP contribution >= 0.6 is 23.2 Å². The molecule has 0 amide bonds. The number of hydrogen-bond donors (Lipinski definition) is 0. The molecular weight excluding hydrogens is 423 g/mol. The van der Waals surface area contributed by atoms with E-state index < -0.39 is 0 Å². The van der Waals surface area contributed by atoms with Crippen LogP contribution in [0.1, 0.15) is 29.9 Å². The SMILES string of the molecule is O=C1OCC2C1C2c1ccc(Cl)cc1.[N-]=[N+]=CC(=O)CC/C=C/c1ccc(Cl)cc1. The molecule has 0 spiro atoms. The summed E-state index contributed by atoms with van der Waals surface area (Å²) in [6.07, 6.45) is 5.68. The monoisotopic (exact) mass is 442 g/mol. The highest BCUT2D eigenvalue weighted by molar-refractivity contribution is 6.30. The smallest absolute Gasteiger partial charge is 0.323 e. The quantitative estimate of drug-likeness (QED) is 0.265. The number of carbonyl (C=O) groups excluding carboxylic acids is 2. The molecule has 7 heteroatoms. The van der Waals surface area contributed by atoms with Crippen molar-refractivity contribution in [2.45, 2.75) is 18.8 Å². The maximum absolute atomic E-state index is 11.2. The number of ketones is 1. The average molecular weight is 443 g/mol. The van der Waals surface area contributed by atoms with Crippen LogP contribution in [-0.2, 0) is 14.3 Å². The minimum atomic E-state index is -0.191. The number of carbonyl (C=O) groups is 2. The largest absolute Gasteiger partial charge is 0.465 e. The summed E-state index contributed by atoms with van der Waals surface area (Å²) in [7, 11) is 0. The van der Waals surface area contributed by atoms with Crippen LogP contribution in [0.2, 0.25) is 10.0 Å². The van der Waals surface area contributed by atoms with Gasteiger partial charge in [-0.3, -0.25) is 9.59 Å². The molecule has 1 aliphatic carbocycles. The molecule has 2 fully saturated rings. The number of ether oxygens (including phenoxy) is 1. The number of benzene rings is 2. The van der Waals surface area contributed by atoms with Crippen molar-refractivity contribution in [3.05, 3.63) is 81.3 Å². The number of cyclic esters (lactones) is 1. The third kappa shape index (κ3) is 5.90. The van der Waals surface area contributed by atoms with Crippen molar-refractivity contribution < 1.29 is 19.1 Å². The normalized spacial score (nSPS) is 21.1. The van der Waals surface area contributed by atoms with Gasteiger partial charge in [0.1, 0.15) is 0 Å². The molecule has 1 saturated heterocycles. The minimum Gasteiger partial charge on any atom is -0.465 e. The van der Waals surface area contributed by atoms with Gasteiger partial charge in [0.05, 0.1) is 12.5 Å². The summed E-state index contributed by atoms with van der Waals surface area (Å²) in [5.41, 5.74) is 10.4. The molecule has 1 aliphatic heterocycles. The van der Waals surface area contributed by atoms with Crippen LogP contribution in [0.4, 0.5) is 0 Å². The van der Waals surface area contributed by atoms with Crippen LogP contribution in [0, 0.1) is 11.8 Å². The minimum absolute atomic E-state index is 0.0325. The van der Waals surface area contributed by atoms with E-state index in [9.17, 15) is 9.59 Å². The highest BCUT2D eigenvalue weighted by atomic mass is 35.5. The van der Waals surface area contributed by atoms with E-state index in [1.54, 1.807) is 0 Å². The Hall–Kier alpha value is -2.72. The third-order valence-corrected chi connectivity index (χ3v) is 5.56. The molecule has 1 heterocycles. The van der Waals surface area contributed by atoms with Gasteiger partial charge in [-0.25, -0.2) is 0 Å². The molecule has 2 aromatic carbocycles. The van der Waals surface area contributed by atoms with Crippen LogP contribution in [0.3, 0.4) is 0 Å². The van der Waals surface area contributed by atoms with Crippen LogP contribution < -0.4 is 0 Å². The van der Waals surface area contributed by atoms with E-state index in [1.807, 2.05) is 60.7 Å². The van der Waals surface area contributed by atoms with Crippen LogP contribution in [0.25, 0.3) is 11.6 Å². The van der Waals surface area contributed by atoms with Gasteiger partial charge in [-0.2, -0.15) is 4.79 Å². The van der Waals surface area contributed by atoms with E-state index in [1.165, 1.54) is 5.56 Å². The van der Waals surface area contributed by atoms with E-state index >= 15 is 0 Å². The van der Waals surface area contributed by atoms with E-state index in [0.29, 0.717) is 36.3 Å². The van der Waals surface area contributed by atoms with Crippen molar-refractivity contribution in [2.24, 2.45) is 11.8 Å². The number of hydrogen-bond acceptors (Lipinski definition) is 3. The van der Waals surface area contributed by atoms with Gasteiger partial charge in [-0.1, -0.05) is 59.6 Å². The lowest BCUT2D eigenvalue weighted by Crippen LogP contribution is -2.04. The molecule has 0 N–H and O–H groups in total. The number of nitrogens with zero attached hydrogens (tertiary/aromatic N) is 2. The van der Waals surface area contributed by atoms with Crippen molar-refractivity contribution >= 4 is 47.2 Å². The van der Waals surface area contributed by atoms with Crippen LogP contribution in [0.5, 0.6) is 0 Å². The van der Waals surface area contributed by atoms with E-state index in [2.05, 4.69) is 4.79 Å². The zero-order valence-electron chi connectivity index (χ0n) is 16.1. The number of esters is 1. The fourth-order valence-corrected chi connectivity index (χ4v) is 3.72. The summed E-state index contributed by atoms with van der Waals surface area (Å²) < 4.78 is 4.93. The third-order valence-electron chi connectivity index (χ3n) is 5.05. The van der Waals surface area contributed by atoms with Gasteiger partial charge in [0, 0.05) is 28.3 Å². The summed E-state index contributed by atoms with van der Waals surface area (Å²) in [6, 6.07) is 15.2. The van der Waals surface area contributed by atoms with E-state index in [-0.39, 0.29) is 17.7 Å². The molecule has 0 aromatic heterocycles. The Bertz CT molecular complexity index is 981. The number of Topliss-reactive ketones (excluding diaryl/α,β-unsaturated/α-hetero) is 1. The Morgan fingerprint density at radius 1 is 1.07 bits per heavy atom. The summed E-state index contributed by atoms with van der Waals surface area (Å²) in [5, 5.41) is 1.44. The molecule has 1 saturated carbocycles. The fourth-order valence-electron chi connectivity index (χ4n) is 3.46. The fraction of sp³-hybridized carbons (Fsp3) is 0.261. The zero-order chi connectivity index (χ0) is 21.5. The molecule has 0 bridgehead atoms. The maximum Gasteiger partial charge on any atom is 0.323 e. The lowest BCUT2D eigenvalue weighted by atomic mass is 10.1. The van der Waals surface area contributed by atoms with Crippen molar-refractivity contribution in [2.75, 3.05) is 6.61 Å². The molecule has 5 nitrogen and oxygen atoms in total. The predicted molar refractivity (Wildman–Crippen MR) is 117 cm³/mol. The Balaban J connectivity index is 0.000000171. The van der Waals surface area contributed by atoms with Crippen molar-refractivity contribution in [3.63, 3.8) is 0 Å². The van der Waals surface area contributed by atoms with E-state index in [0.717, 1.165) is 16.8 Å². The second-order valence-corrected chi connectivity index (χ2v) is 7.97. The Morgan fingerprint density at radius 3 is 2.27 bits per heavy atom. The zero-order valence-corrected chi connectivity index (χ0v) is 17.6. The van der Waals surface area contributed by atoms with Crippen LogP contribution in [0.15, 0.2) is 54.6 Å². The molecule has 2 aromatic rings. The Kier molecular flexibility index (Phi) is 7.58. The second-order valence-electron chi connectivity index (χ2n) is 7.10. The van der Waals surface area contributed by atoms with Crippen molar-refractivity contribution in [1.82, 2.24) is 0 Å². The molecule has 0 radical (unpaired) electrons. The lowest BCUT2D eigenvalue weighted by molar-refractivity contribution is -0.141. The summed E-state index contributed by atoms with van der Waals surface area (Å²) in [4.78, 5) is 24.8. The molecule has 154 valence electrons. The molecule has 30 heavy (non-hydrogen) atoms. The van der Waals surface area contributed by atoms with Gasteiger partial charge >= 0.3 is 12.2 Å². The summed E-state index contributed by atoms with van der Waals surface area (Å²) >= 11 is 11.5.